The Bertz CT molecular complexity index is 943. The number of para-hydroxylation sites is 1. The molecule has 0 radical (unpaired) electrons. The molecule has 0 aliphatic carbocycles. The van der Waals surface area contributed by atoms with Crippen molar-refractivity contribution in [3.63, 3.8) is 0 Å². The minimum absolute atomic E-state index is 0.100. The van der Waals surface area contributed by atoms with Crippen LogP contribution in [0.25, 0.3) is 0 Å². The maximum atomic E-state index is 13.2. The number of carbonyl (C=O) groups is 3. The third-order valence-corrected chi connectivity index (χ3v) is 5.10. The second-order valence-electron chi connectivity index (χ2n) is 6.90. The second-order valence-corrected chi connectivity index (χ2v) is 6.90. The van der Waals surface area contributed by atoms with Gasteiger partial charge in [0.15, 0.2) is 0 Å². The van der Waals surface area contributed by atoms with E-state index < -0.39 is 22.8 Å². The Morgan fingerprint density at radius 3 is 2.34 bits per heavy atom. The van der Waals surface area contributed by atoms with E-state index in [1.165, 1.54) is 29.2 Å². The number of hydrogen-bond acceptors (Lipinski definition) is 5. The summed E-state index contributed by atoms with van der Waals surface area (Å²) in [5.74, 6) is -1.25. The number of nitrogens with zero attached hydrogens (tertiary/aromatic N) is 3. The van der Waals surface area contributed by atoms with Crippen LogP contribution in [0, 0.1) is 10.1 Å². The molecule has 0 bridgehead atoms. The molecule has 2 atom stereocenters. The van der Waals surface area contributed by atoms with Crippen LogP contribution in [0.5, 0.6) is 0 Å². The van der Waals surface area contributed by atoms with E-state index >= 15 is 0 Å². The maximum Gasteiger partial charge on any atom is 0.269 e. The van der Waals surface area contributed by atoms with E-state index in [4.69, 9.17) is 0 Å². The van der Waals surface area contributed by atoms with Gasteiger partial charge < -0.3 is 4.90 Å². The van der Waals surface area contributed by atoms with Gasteiger partial charge in [-0.15, -0.1) is 0 Å². The van der Waals surface area contributed by atoms with E-state index in [1.807, 2.05) is 13.8 Å². The summed E-state index contributed by atoms with van der Waals surface area (Å²) < 4.78 is 0. The molecule has 0 aromatic heterocycles. The summed E-state index contributed by atoms with van der Waals surface area (Å²) in [5.41, 5.74) is 0.574. The van der Waals surface area contributed by atoms with Gasteiger partial charge in [-0.05, 0) is 37.6 Å². The van der Waals surface area contributed by atoms with Crippen LogP contribution >= 0.6 is 0 Å². The van der Waals surface area contributed by atoms with E-state index in [0.29, 0.717) is 12.1 Å². The fourth-order valence-electron chi connectivity index (χ4n) is 3.40. The predicted octanol–water partition coefficient (Wildman–Crippen LogP) is 3.17. The molecule has 1 aliphatic heterocycles. The van der Waals surface area contributed by atoms with Crippen molar-refractivity contribution in [3.05, 3.63) is 70.3 Å². The summed E-state index contributed by atoms with van der Waals surface area (Å²) in [6, 6.07) is 12.6. The molecule has 1 fully saturated rings. The average molecular weight is 395 g/mol. The molecule has 1 aliphatic rings. The van der Waals surface area contributed by atoms with Crippen LogP contribution < -0.4 is 4.90 Å². The fraction of sp³-hybridized carbons (Fsp3) is 0.286. The number of benzene rings is 2. The number of imide groups is 1. The third-order valence-electron chi connectivity index (χ3n) is 5.10. The lowest BCUT2D eigenvalue weighted by Crippen LogP contribution is -2.49. The van der Waals surface area contributed by atoms with Crippen molar-refractivity contribution in [2.75, 3.05) is 4.90 Å². The lowest BCUT2D eigenvalue weighted by atomic mass is 10.1. The molecule has 2 aromatic carbocycles. The summed E-state index contributed by atoms with van der Waals surface area (Å²) in [5, 5.41) is 10.9. The Balaban J connectivity index is 1.93. The maximum absolute atomic E-state index is 13.2. The molecule has 8 nitrogen and oxygen atoms in total. The summed E-state index contributed by atoms with van der Waals surface area (Å²) >= 11 is 0. The number of rotatable bonds is 6. The lowest BCUT2D eigenvalue weighted by molar-refractivity contribution is -0.384. The Hall–Kier alpha value is -3.55. The third kappa shape index (κ3) is 3.87. The Labute approximate surface area is 167 Å². The van der Waals surface area contributed by atoms with Gasteiger partial charge in [-0.3, -0.25) is 24.5 Å². The largest absolute Gasteiger partial charge is 0.323 e. The smallest absolute Gasteiger partial charge is 0.269 e. The van der Waals surface area contributed by atoms with Crippen LogP contribution in [0.4, 0.5) is 11.4 Å². The number of nitro groups is 1. The van der Waals surface area contributed by atoms with Crippen molar-refractivity contribution in [2.45, 2.75) is 38.8 Å². The number of hydrogen-bond donors (Lipinski definition) is 0. The second kappa shape index (κ2) is 8.22. The highest BCUT2D eigenvalue weighted by atomic mass is 16.6. The highest BCUT2D eigenvalue weighted by Crippen LogP contribution is 2.28. The topological polar surface area (TPSA) is 101 Å². The SMILES string of the molecule is CCC(C)N(C(=O)c1ccc([N+](=O)[O-])cc1)C1CC(=O)N(c2ccccc2)C1=O. The van der Waals surface area contributed by atoms with Crippen molar-refractivity contribution in [1.82, 2.24) is 4.90 Å². The normalized spacial score (nSPS) is 17.3. The first-order valence-corrected chi connectivity index (χ1v) is 9.34. The molecule has 0 saturated carbocycles. The summed E-state index contributed by atoms with van der Waals surface area (Å²) in [6.45, 7) is 3.70. The zero-order valence-electron chi connectivity index (χ0n) is 16.1. The lowest BCUT2D eigenvalue weighted by Gasteiger charge is -2.33. The van der Waals surface area contributed by atoms with Gasteiger partial charge in [0.25, 0.3) is 17.5 Å². The van der Waals surface area contributed by atoms with Gasteiger partial charge >= 0.3 is 0 Å². The zero-order chi connectivity index (χ0) is 21.1. The first-order valence-electron chi connectivity index (χ1n) is 9.34. The molecular formula is C21H21N3O5. The van der Waals surface area contributed by atoms with Crippen LogP contribution in [-0.2, 0) is 9.59 Å². The van der Waals surface area contributed by atoms with Crippen molar-refractivity contribution in [2.24, 2.45) is 0 Å². The van der Waals surface area contributed by atoms with Gasteiger partial charge in [0.2, 0.25) is 5.91 Å². The minimum atomic E-state index is -0.916. The van der Waals surface area contributed by atoms with Gasteiger partial charge in [-0.1, -0.05) is 25.1 Å². The van der Waals surface area contributed by atoms with Crippen LogP contribution in [-0.4, -0.2) is 39.6 Å². The standard InChI is InChI=1S/C21H21N3O5/c1-3-14(2)22(20(26)15-9-11-17(12-10-15)24(28)29)18-13-19(25)23(21(18)27)16-7-5-4-6-8-16/h4-12,14,18H,3,13H2,1-2H3. The molecule has 0 N–H and O–H groups in total. The molecule has 2 unspecified atom stereocenters. The van der Waals surface area contributed by atoms with Gasteiger partial charge in [0, 0.05) is 23.7 Å². The van der Waals surface area contributed by atoms with Crippen molar-refractivity contribution >= 4 is 29.1 Å². The van der Waals surface area contributed by atoms with E-state index in [9.17, 15) is 24.5 Å². The molecule has 2 aromatic rings. The van der Waals surface area contributed by atoms with Crippen LogP contribution in [0.3, 0.4) is 0 Å². The summed E-state index contributed by atoms with van der Waals surface area (Å²) in [7, 11) is 0. The Morgan fingerprint density at radius 2 is 1.79 bits per heavy atom. The average Bonchev–Trinajstić information content (AvgIpc) is 3.02. The monoisotopic (exact) mass is 395 g/mol. The first-order chi connectivity index (χ1) is 13.8. The van der Waals surface area contributed by atoms with Crippen molar-refractivity contribution in [3.8, 4) is 0 Å². The van der Waals surface area contributed by atoms with E-state index in [2.05, 4.69) is 0 Å². The number of anilines is 1. The molecule has 0 spiro atoms. The number of nitro benzene ring substituents is 1. The molecule has 1 saturated heterocycles. The minimum Gasteiger partial charge on any atom is -0.323 e. The zero-order valence-corrected chi connectivity index (χ0v) is 16.1. The molecule has 29 heavy (non-hydrogen) atoms. The number of amides is 3. The summed E-state index contributed by atoms with van der Waals surface area (Å²) in [6.07, 6.45) is 0.485. The molecule has 1 heterocycles. The Morgan fingerprint density at radius 1 is 1.17 bits per heavy atom. The van der Waals surface area contributed by atoms with Gasteiger partial charge in [0.1, 0.15) is 6.04 Å². The number of carbonyl (C=O) groups excluding carboxylic acids is 3. The molecule has 3 rings (SSSR count). The molecular weight excluding hydrogens is 374 g/mol. The highest BCUT2D eigenvalue weighted by Gasteiger charge is 2.45. The van der Waals surface area contributed by atoms with Gasteiger partial charge in [-0.2, -0.15) is 0 Å². The van der Waals surface area contributed by atoms with Crippen LogP contribution in [0.15, 0.2) is 54.6 Å². The van der Waals surface area contributed by atoms with Crippen molar-refractivity contribution in [1.29, 1.82) is 0 Å². The summed E-state index contributed by atoms with van der Waals surface area (Å²) in [4.78, 5) is 51.7. The van der Waals surface area contributed by atoms with E-state index in [1.54, 1.807) is 30.3 Å². The molecule has 8 heteroatoms. The van der Waals surface area contributed by atoms with Crippen LogP contribution in [0.2, 0.25) is 0 Å². The van der Waals surface area contributed by atoms with Crippen LogP contribution in [0.1, 0.15) is 37.0 Å². The predicted molar refractivity (Wildman–Crippen MR) is 106 cm³/mol. The molecule has 3 amide bonds. The Kier molecular flexibility index (Phi) is 5.72. The highest BCUT2D eigenvalue weighted by molar-refractivity contribution is 6.23. The van der Waals surface area contributed by atoms with E-state index in [0.717, 1.165) is 4.90 Å². The van der Waals surface area contributed by atoms with E-state index in [-0.39, 0.29) is 29.6 Å². The fourth-order valence-corrected chi connectivity index (χ4v) is 3.40. The van der Waals surface area contributed by atoms with Gasteiger partial charge in [0.05, 0.1) is 17.0 Å². The first kappa shape index (κ1) is 20.2. The quantitative estimate of drug-likeness (QED) is 0.425. The van der Waals surface area contributed by atoms with Crippen molar-refractivity contribution < 1.29 is 19.3 Å². The molecule has 150 valence electrons. The number of non-ortho nitro benzene ring substituents is 1. The van der Waals surface area contributed by atoms with Gasteiger partial charge in [-0.25, -0.2) is 4.90 Å².